The summed E-state index contributed by atoms with van der Waals surface area (Å²) < 4.78 is 11.2. The largest absolute Gasteiger partial charge is 0.444 e. The van der Waals surface area contributed by atoms with E-state index in [1.165, 1.54) is 15.3 Å². The van der Waals surface area contributed by atoms with Gasteiger partial charge in [0.2, 0.25) is 0 Å². The molecule has 0 spiro atoms. The average Bonchev–Trinajstić information content (AvgIpc) is 2.81. The number of nitrogens with zero attached hydrogens (tertiary/aromatic N) is 1. The molecule has 120 valence electrons. The number of carbonyl (C=O) groups excluding carboxylic acids is 1. The van der Waals surface area contributed by atoms with Gasteiger partial charge in [-0.1, -0.05) is 6.08 Å². The highest BCUT2D eigenvalue weighted by atomic mass is 32.1. The highest BCUT2D eigenvalue weighted by molar-refractivity contribution is 7.13. The molecule has 0 N–H and O–H groups in total. The molecule has 22 heavy (non-hydrogen) atoms. The third-order valence-electron chi connectivity index (χ3n) is 3.86. The van der Waals surface area contributed by atoms with E-state index in [0.717, 1.165) is 6.42 Å². The van der Waals surface area contributed by atoms with Crippen molar-refractivity contribution in [3.63, 3.8) is 0 Å². The summed E-state index contributed by atoms with van der Waals surface area (Å²) in [6.45, 7) is 8.94. The van der Waals surface area contributed by atoms with Crippen molar-refractivity contribution in [3.05, 3.63) is 28.0 Å². The van der Waals surface area contributed by atoms with Crippen molar-refractivity contribution >= 4 is 23.0 Å². The van der Waals surface area contributed by atoms with E-state index in [1.54, 1.807) is 0 Å². The first-order valence-electron chi connectivity index (χ1n) is 7.70. The Bertz CT molecular complexity index is 599. The maximum atomic E-state index is 12.5. The van der Waals surface area contributed by atoms with Crippen LogP contribution in [0.5, 0.6) is 0 Å². The molecule has 1 aromatic rings. The molecule has 3 rings (SSSR count). The van der Waals surface area contributed by atoms with Crippen LogP contribution < -0.4 is 0 Å². The minimum absolute atomic E-state index is 0.0280. The Kier molecular flexibility index (Phi) is 4.03. The Morgan fingerprint density at radius 1 is 1.36 bits per heavy atom. The summed E-state index contributed by atoms with van der Waals surface area (Å²) in [4.78, 5) is 17.0. The zero-order valence-electron chi connectivity index (χ0n) is 13.6. The molecule has 0 aliphatic carbocycles. The fraction of sp³-hybridized carbons (Fsp3) is 0.588. The molecule has 2 bridgehead atoms. The number of fused-ring (bicyclic) bond motifs is 2. The maximum Gasteiger partial charge on any atom is 0.411 e. The van der Waals surface area contributed by atoms with Gasteiger partial charge in [0, 0.05) is 9.75 Å². The Balaban J connectivity index is 1.84. The molecule has 1 fully saturated rings. The standard InChI is InChI=1S/C17H23NO3S/c1-11-5-6-15(22-11)12-7-13-9-20-10-14(8-12)18(13)16(19)21-17(2,3)4/h5-7,13-14H,8-10H2,1-4H3. The number of hydrogen-bond donors (Lipinski definition) is 0. The van der Waals surface area contributed by atoms with Crippen molar-refractivity contribution in [1.82, 2.24) is 4.90 Å². The first kappa shape index (κ1) is 15.6. The van der Waals surface area contributed by atoms with Crippen molar-refractivity contribution < 1.29 is 14.3 Å². The number of ether oxygens (including phenoxy) is 2. The highest BCUT2D eigenvalue weighted by Gasteiger charge is 2.40. The van der Waals surface area contributed by atoms with Crippen LogP contribution >= 0.6 is 11.3 Å². The lowest BCUT2D eigenvalue weighted by molar-refractivity contribution is -0.0510. The normalized spacial score (nSPS) is 24.9. The van der Waals surface area contributed by atoms with Crippen molar-refractivity contribution in [2.45, 2.75) is 51.8 Å². The van der Waals surface area contributed by atoms with Crippen LogP contribution in [0.4, 0.5) is 4.79 Å². The lowest BCUT2D eigenvalue weighted by Crippen LogP contribution is -2.57. The van der Waals surface area contributed by atoms with E-state index in [0.29, 0.717) is 13.2 Å². The minimum Gasteiger partial charge on any atom is -0.444 e. The summed E-state index contributed by atoms with van der Waals surface area (Å²) in [7, 11) is 0. The summed E-state index contributed by atoms with van der Waals surface area (Å²) >= 11 is 1.81. The second kappa shape index (κ2) is 5.70. The number of thiophene rings is 1. The predicted octanol–water partition coefficient (Wildman–Crippen LogP) is 3.85. The summed E-state index contributed by atoms with van der Waals surface area (Å²) in [5.74, 6) is 0. The minimum atomic E-state index is -0.471. The quantitative estimate of drug-likeness (QED) is 0.788. The highest BCUT2D eigenvalue weighted by Crippen LogP contribution is 2.36. The molecule has 3 heterocycles. The fourth-order valence-electron chi connectivity index (χ4n) is 2.98. The molecular weight excluding hydrogens is 298 g/mol. The Labute approximate surface area is 135 Å². The van der Waals surface area contributed by atoms with Gasteiger partial charge in [-0.25, -0.2) is 4.79 Å². The van der Waals surface area contributed by atoms with E-state index in [-0.39, 0.29) is 18.2 Å². The SMILES string of the molecule is Cc1ccc(C2=CC3COCC(C2)N3C(=O)OC(C)(C)C)s1. The summed E-state index contributed by atoms with van der Waals surface area (Å²) in [6.07, 6.45) is 2.77. The molecule has 2 atom stereocenters. The van der Waals surface area contributed by atoms with E-state index in [9.17, 15) is 4.79 Å². The average molecular weight is 321 g/mol. The Hall–Kier alpha value is -1.33. The van der Waals surface area contributed by atoms with Crippen LogP contribution in [-0.4, -0.2) is 41.9 Å². The van der Waals surface area contributed by atoms with Crippen LogP contribution in [0.3, 0.4) is 0 Å². The number of amides is 1. The third kappa shape index (κ3) is 3.20. The Morgan fingerprint density at radius 3 is 2.73 bits per heavy atom. The fourth-order valence-corrected chi connectivity index (χ4v) is 3.89. The zero-order valence-corrected chi connectivity index (χ0v) is 14.4. The molecule has 5 heteroatoms. The van der Waals surface area contributed by atoms with Crippen LogP contribution in [0, 0.1) is 6.92 Å². The summed E-state index contributed by atoms with van der Waals surface area (Å²) in [5.41, 5.74) is 0.859. The van der Waals surface area contributed by atoms with E-state index < -0.39 is 5.60 Å². The lowest BCUT2D eigenvalue weighted by Gasteiger charge is -2.44. The van der Waals surface area contributed by atoms with Crippen LogP contribution in [-0.2, 0) is 9.47 Å². The van der Waals surface area contributed by atoms with Gasteiger partial charge in [0.05, 0.1) is 25.3 Å². The molecule has 2 aliphatic rings. The predicted molar refractivity (Wildman–Crippen MR) is 88.1 cm³/mol. The molecule has 0 saturated carbocycles. The second-order valence-electron chi connectivity index (χ2n) is 6.95. The van der Waals surface area contributed by atoms with Crippen LogP contribution in [0.2, 0.25) is 0 Å². The summed E-state index contributed by atoms with van der Waals surface area (Å²) in [6, 6.07) is 4.36. The van der Waals surface area contributed by atoms with Gasteiger partial charge in [-0.2, -0.15) is 0 Å². The van der Waals surface area contributed by atoms with Gasteiger partial charge in [0.1, 0.15) is 5.60 Å². The monoisotopic (exact) mass is 321 g/mol. The second-order valence-corrected chi connectivity index (χ2v) is 8.24. The number of morpholine rings is 1. The third-order valence-corrected chi connectivity index (χ3v) is 4.94. The molecule has 0 aromatic carbocycles. The van der Waals surface area contributed by atoms with Crippen molar-refractivity contribution in [2.24, 2.45) is 0 Å². The first-order chi connectivity index (χ1) is 10.3. The molecule has 2 unspecified atom stereocenters. The molecule has 4 nitrogen and oxygen atoms in total. The molecule has 1 aromatic heterocycles. The maximum absolute atomic E-state index is 12.5. The molecule has 2 aliphatic heterocycles. The molecular formula is C17H23NO3S. The molecule has 1 amide bonds. The number of rotatable bonds is 1. The van der Waals surface area contributed by atoms with Gasteiger partial charge in [-0.05, 0) is 51.8 Å². The first-order valence-corrected chi connectivity index (χ1v) is 8.52. The van der Waals surface area contributed by atoms with Gasteiger partial charge >= 0.3 is 6.09 Å². The Morgan fingerprint density at radius 2 is 2.14 bits per heavy atom. The van der Waals surface area contributed by atoms with Crippen LogP contribution in [0.25, 0.3) is 5.57 Å². The topological polar surface area (TPSA) is 38.8 Å². The zero-order chi connectivity index (χ0) is 15.9. The van der Waals surface area contributed by atoms with Gasteiger partial charge in [-0.15, -0.1) is 11.3 Å². The molecule has 0 radical (unpaired) electrons. The van der Waals surface area contributed by atoms with E-state index >= 15 is 0 Å². The lowest BCUT2D eigenvalue weighted by atomic mass is 9.93. The summed E-state index contributed by atoms with van der Waals surface area (Å²) in [5, 5.41) is 0. The smallest absolute Gasteiger partial charge is 0.411 e. The van der Waals surface area contributed by atoms with Crippen LogP contribution in [0.1, 0.15) is 36.9 Å². The van der Waals surface area contributed by atoms with Gasteiger partial charge in [0.15, 0.2) is 0 Å². The van der Waals surface area contributed by atoms with Crippen molar-refractivity contribution in [2.75, 3.05) is 13.2 Å². The van der Waals surface area contributed by atoms with Crippen molar-refractivity contribution in [3.8, 4) is 0 Å². The van der Waals surface area contributed by atoms with E-state index in [4.69, 9.17) is 9.47 Å². The van der Waals surface area contributed by atoms with Crippen molar-refractivity contribution in [1.29, 1.82) is 0 Å². The van der Waals surface area contributed by atoms with E-state index in [1.807, 2.05) is 37.0 Å². The number of carbonyl (C=O) groups is 1. The number of hydrogen-bond acceptors (Lipinski definition) is 4. The van der Waals surface area contributed by atoms with E-state index in [2.05, 4.69) is 25.1 Å². The molecule has 1 saturated heterocycles. The van der Waals surface area contributed by atoms with Gasteiger partial charge < -0.3 is 9.47 Å². The number of aryl methyl sites for hydroxylation is 1. The van der Waals surface area contributed by atoms with Crippen LogP contribution in [0.15, 0.2) is 18.2 Å². The van der Waals surface area contributed by atoms with Gasteiger partial charge in [0.25, 0.3) is 0 Å². The van der Waals surface area contributed by atoms with Gasteiger partial charge in [-0.3, -0.25) is 4.90 Å².